The summed E-state index contributed by atoms with van der Waals surface area (Å²) in [6.07, 6.45) is 0.331. The second-order valence-corrected chi connectivity index (χ2v) is 5.65. The Morgan fingerprint density at radius 3 is 2.33 bits per heavy atom. The third-order valence-electron chi connectivity index (χ3n) is 4.00. The third kappa shape index (κ3) is 3.53. The topological polar surface area (TPSA) is 80.8 Å². The summed E-state index contributed by atoms with van der Waals surface area (Å²) in [5.74, 6) is -4.14. The molecule has 1 aromatic rings. The Hall–Kier alpha value is -2.50. The minimum Gasteiger partial charge on any atom is -0.466 e. The molecule has 1 aliphatic heterocycles. The minimum atomic E-state index is -1.16. The Kier molecular flexibility index (Phi) is 5.84. The monoisotopic (exact) mass is 331 g/mol. The Bertz CT molecular complexity index is 640. The number of hydrogen-bond acceptors (Lipinski definition) is 5. The first-order valence-corrected chi connectivity index (χ1v) is 8.11. The molecule has 0 radical (unpaired) electrons. The number of nitrogens with zero attached hydrogens (tertiary/aromatic N) is 1. The lowest BCUT2D eigenvalue weighted by atomic mass is 9.85. The molecule has 0 aromatic heterocycles. The van der Waals surface area contributed by atoms with E-state index in [-0.39, 0.29) is 19.6 Å². The van der Waals surface area contributed by atoms with Crippen molar-refractivity contribution in [3.05, 3.63) is 35.9 Å². The van der Waals surface area contributed by atoms with Crippen molar-refractivity contribution in [2.45, 2.75) is 26.7 Å². The molecule has 2 rings (SSSR count). The van der Waals surface area contributed by atoms with Gasteiger partial charge >= 0.3 is 5.97 Å². The standard InChI is InChI=1S/C18H21NO5/c1-3-10-19-17(22)13(11-14(20)24-4-2)15(18(19)23)16(21)12-8-6-5-7-9-12/h5-9,13,15H,3-4,10-11H2,1-2H3. The number of rotatable bonds is 7. The van der Waals surface area contributed by atoms with Gasteiger partial charge in [-0.1, -0.05) is 37.3 Å². The van der Waals surface area contributed by atoms with Crippen LogP contribution in [0.2, 0.25) is 0 Å². The van der Waals surface area contributed by atoms with Crippen molar-refractivity contribution in [2.75, 3.05) is 13.2 Å². The van der Waals surface area contributed by atoms with E-state index in [4.69, 9.17) is 4.74 Å². The molecule has 0 spiro atoms. The molecule has 1 heterocycles. The van der Waals surface area contributed by atoms with Crippen LogP contribution in [0.4, 0.5) is 0 Å². The van der Waals surface area contributed by atoms with Crippen LogP contribution in [0.3, 0.4) is 0 Å². The van der Waals surface area contributed by atoms with Crippen LogP contribution in [0, 0.1) is 11.8 Å². The number of Topliss-reactive ketones (excluding diaryl/α,β-unsaturated/α-hetero) is 1. The first-order valence-electron chi connectivity index (χ1n) is 8.11. The Morgan fingerprint density at radius 1 is 1.08 bits per heavy atom. The summed E-state index contributed by atoms with van der Waals surface area (Å²) in [5.41, 5.74) is 0.357. The second-order valence-electron chi connectivity index (χ2n) is 5.65. The summed E-state index contributed by atoms with van der Waals surface area (Å²) in [5, 5.41) is 0. The van der Waals surface area contributed by atoms with Crippen molar-refractivity contribution in [3.63, 3.8) is 0 Å². The molecule has 1 aromatic carbocycles. The number of carbonyl (C=O) groups excluding carboxylic acids is 4. The smallest absolute Gasteiger partial charge is 0.306 e. The number of likely N-dealkylation sites (tertiary alicyclic amines) is 1. The number of imide groups is 1. The maximum absolute atomic E-state index is 12.8. The predicted octanol–water partition coefficient (Wildman–Crippen LogP) is 1.83. The van der Waals surface area contributed by atoms with E-state index in [9.17, 15) is 19.2 Å². The van der Waals surface area contributed by atoms with Gasteiger partial charge in [-0.15, -0.1) is 0 Å². The van der Waals surface area contributed by atoms with E-state index >= 15 is 0 Å². The zero-order chi connectivity index (χ0) is 17.7. The summed E-state index contributed by atoms with van der Waals surface area (Å²) in [6.45, 7) is 3.93. The molecule has 6 heteroatoms. The molecular weight excluding hydrogens is 310 g/mol. The molecule has 24 heavy (non-hydrogen) atoms. The molecule has 2 unspecified atom stereocenters. The maximum Gasteiger partial charge on any atom is 0.306 e. The molecule has 6 nitrogen and oxygen atoms in total. The summed E-state index contributed by atoms with van der Waals surface area (Å²) in [7, 11) is 0. The van der Waals surface area contributed by atoms with E-state index in [1.807, 2.05) is 6.92 Å². The molecule has 1 saturated heterocycles. The van der Waals surface area contributed by atoms with Crippen molar-refractivity contribution in [1.29, 1.82) is 0 Å². The van der Waals surface area contributed by atoms with Gasteiger partial charge in [0, 0.05) is 12.1 Å². The lowest BCUT2D eigenvalue weighted by Gasteiger charge is -2.13. The summed E-state index contributed by atoms with van der Waals surface area (Å²) in [4.78, 5) is 50.8. The van der Waals surface area contributed by atoms with Gasteiger partial charge < -0.3 is 4.74 Å². The number of hydrogen-bond donors (Lipinski definition) is 0. The molecule has 0 aliphatic carbocycles. The third-order valence-corrected chi connectivity index (χ3v) is 4.00. The van der Waals surface area contributed by atoms with Crippen molar-refractivity contribution in [1.82, 2.24) is 4.90 Å². The zero-order valence-electron chi connectivity index (χ0n) is 13.9. The molecule has 128 valence electrons. The van der Waals surface area contributed by atoms with Gasteiger partial charge in [-0.3, -0.25) is 24.1 Å². The number of esters is 1. The second kappa shape index (κ2) is 7.86. The fraction of sp³-hybridized carbons (Fsp3) is 0.444. The highest BCUT2D eigenvalue weighted by atomic mass is 16.5. The first-order chi connectivity index (χ1) is 11.5. The number of amides is 2. The van der Waals surface area contributed by atoms with E-state index in [0.29, 0.717) is 12.0 Å². The first kappa shape index (κ1) is 17.8. The fourth-order valence-corrected chi connectivity index (χ4v) is 2.92. The maximum atomic E-state index is 12.8. The van der Waals surface area contributed by atoms with Gasteiger partial charge in [0.1, 0.15) is 5.92 Å². The summed E-state index contributed by atoms with van der Waals surface area (Å²) in [6, 6.07) is 8.35. The van der Waals surface area contributed by atoms with Gasteiger partial charge in [-0.2, -0.15) is 0 Å². The van der Waals surface area contributed by atoms with Crippen molar-refractivity contribution < 1.29 is 23.9 Å². The van der Waals surface area contributed by atoms with E-state index < -0.39 is 35.4 Å². The molecule has 1 fully saturated rings. The average molecular weight is 331 g/mol. The van der Waals surface area contributed by atoms with Gasteiger partial charge in [-0.25, -0.2) is 0 Å². The van der Waals surface area contributed by atoms with Crippen LogP contribution in [0.15, 0.2) is 30.3 Å². The van der Waals surface area contributed by atoms with Gasteiger partial charge in [0.25, 0.3) is 0 Å². The fourth-order valence-electron chi connectivity index (χ4n) is 2.92. The zero-order valence-corrected chi connectivity index (χ0v) is 13.9. The average Bonchev–Trinajstić information content (AvgIpc) is 2.80. The van der Waals surface area contributed by atoms with Gasteiger partial charge in [0.2, 0.25) is 11.8 Å². The Labute approximate surface area is 140 Å². The van der Waals surface area contributed by atoms with Crippen LogP contribution >= 0.6 is 0 Å². The predicted molar refractivity (Wildman–Crippen MR) is 86.0 cm³/mol. The van der Waals surface area contributed by atoms with Crippen LogP contribution in [-0.4, -0.2) is 41.6 Å². The highest BCUT2D eigenvalue weighted by Gasteiger charge is 2.51. The minimum absolute atomic E-state index is 0.184. The summed E-state index contributed by atoms with van der Waals surface area (Å²) >= 11 is 0. The van der Waals surface area contributed by atoms with Gasteiger partial charge in [0.15, 0.2) is 5.78 Å². The quantitative estimate of drug-likeness (QED) is 0.329. The van der Waals surface area contributed by atoms with E-state index in [2.05, 4.69) is 0 Å². The highest BCUT2D eigenvalue weighted by Crippen LogP contribution is 2.32. The molecule has 0 saturated carbocycles. The molecule has 2 atom stereocenters. The Morgan fingerprint density at radius 2 is 1.75 bits per heavy atom. The number of ketones is 1. The van der Waals surface area contributed by atoms with Crippen molar-refractivity contribution in [3.8, 4) is 0 Å². The molecule has 1 aliphatic rings. The Balaban J connectivity index is 2.32. The van der Waals surface area contributed by atoms with Gasteiger partial charge in [0.05, 0.1) is 18.9 Å². The van der Waals surface area contributed by atoms with E-state index in [1.165, 1.54) is 0 Å². The molecule has 0 N–H and O–H groups in total. The lowest BCUT2D eigenvalue weighted by Crippen LogP contribution is -2.33. The SMILES string of the molecule is CCCN1C(=O)C(CC(=O)OCC)C(C(=O)c2ccccc2)C1=O. The van der Waals surface area contributed by atoms with E-state index in [1.54, 1.807) is 37.3 Å². The molecular formula is C18H21NO5. The van der Waals surface area contributed by atoms with Crippen molar-refractivity contribution >= 4 is 23.6 Å². The van der Waals surface area contributed by atoms with Crippen LogP contribution in [0.25, 0.3) is 0 Å². The number of carbonyl (C=O) groups is 4. The van der Waals surface area contributed by atoms with Crippen LogP contribution in [-0.2, 0) is 19.1 Å². The van der Waals surface area contributed by atoms with Crippen LogP contribution < -0.4 is 0 Å². The number of ether oxygens (including phenoxy) is 1. The van der Waals surface area contributed by atoms with Crippen LogP contribution in [0.5, 0.6) is 0 Å². The van der Waals surface area contributed by atoms with E-state index in [0.717, 1.165) is 4.90 Å². The summed E-state index contributed by atoms with van der Waals surface area (Å²) < 4.78 is 4.88. The highest BCUT2D eigenvalue weighted by molar-refractivity contribution is 6.20. The largest absolute Gasteiger partial charge is 0.466 e. The molecule has 0 bridgehead atoms. The van der Waals surface area contributed by atoms with Crippen LogP contribution in [0.1, 0.15) is 37.0 Å². The van der Waals surface area contributed by atoms with Crippen molar-refractivity contribution in [2.24, 2.45) is 11.8 Å². The lowest BCUT2D eigenvalue weighted by molar-refractivity contribution is -0.147. The normalized spacial score (nSPS) is 20.3. The number of benzene rings is 1. The molecule has 2 amide bonds. The van der Waals surface area contributed by atoms with Gasteiger partial charge in [-0.05, 0) is 13.3 Å².